The van der Waals surface area contributed by atoms with Gasteiger partial charge in [-0.1, -0.05) is 11.2 Å². The Morgan fingerprint density at radius 1 is 1.52 bits per heavy atom. The Labute approximate surface area is 139 Å². The largest absolute Gasteiger partial charge is 0.348 e. The van der Waals surface area contributed by atoms with Crippen molar-refractivity contribution in [2.75, 3.05) is 19.6 Å². The zero-order valence-electron chi connectivity index (χ0n) is 13.5. The predicted octanol–water partition coefficient (Wildman–Crippen LogP) is 2.50. The Morgan fingerprint density at radius 3 is 2.91 bits per heavy atom. The molecule has 23 heavy (non-hydrogen) atoms. The molecule has 6 nitrogen and oxygen atoms in total. The third kappa shape index (κ3) is 4.17. The van der Waals surface area contributed by atoms with Crippen molar-refractivity contribution in [1.82, 2.24) is 20.4 Å². The molecule has 0 saturated carbocycles. The van der Waals surface area contributed by atoms with Gasteiger partial charge >= 0.3 is 0 Å². The summed E-state index contributed by atoms with van der Waals surface area (Å²) in [4.78, 5) is 19.9. The molecule has 2 aromatic heterocycles. The van der Waals surface area contributed by atoms with E-state index in [-0.39, 0.29) is 11.9 Å². The average molecular weight is 334 g/mol. The highest BCUT2D eigenvalue weighted by atomic mass is 32.1. The second-order valence-corrected chi connectivity index (χ2v) is 7.01. The van der Waals surface area contributed by atoms with Crippen LogP contribution in [0, 0.1) is 6.92 Å². The van der Waals surface area contributed by atoms with Crippen molar-refractivity contribution in [2.24, 2.45) is 0 Å². The first-order valence-corrected chi connectivity index (χ1v) is 8.85. The highest BCUT2D eigenvalue weighted by molar-refractivity contribution is 7.10. The van der Waals surface area contributed by atoms with E-state index in [0.717, 1.165) is 31.8 Å². The maximum absolute atomic E-state index is 12.2. The van der Waals surface area contributed by atoms with Gasteiger partial charge in [0.25, 0.3) is 0 Å². The molecule has 1 fully saturated rings. The number of piperidine rings is 1. The van der Waals surface area contributed by atoms with E-state index in [4.69, 9.17) is 4.52 Å². The number of aryl methyl sites for hydroxylation is 1. The lowest BCUT2D eigenvalue weighted by Gasteiger charge is -2.30. The number of aromatic nitrogens is 2. The molecule has 0 aliphatic carbocycles. The van der Waals surface area contributed by atoms with Gasteiger partial charge in [-0.25, -0.2) is 0 Å². The number of carbonyl (C=O) groups excluding carboxylic acids is 1. The monoisotopic (exact) mass is 334 g/mol. The lowest BCUT2D eigenvalue weighted by atomic mass is 9.97. The molecule has 124 valence electrons. The van der Waals surface area contributed by atoms with E-state index in [2.05, 4.69) is 20.4 Å². The number of carbonyl (C=O) groups is 1. The van der Waals surface area contributed by atoms with Crippen LogP contribution in [0.1, 0.15) is 48.3 Å². The minimum Gasteiger partial charge on any atom is -0.348 e. The van der Waals surface area contributed by atoms with Gasteiger partial charge in [-0.2, -0.15) is 4.98 Å². The van der Waals surface area contributed by atoms with Crippen LogP contribution in [0.4, 0.5) is 0 Å². The van der Waals surface area contributed by atoms with Crippen LogP contribution in [0.15, 0.2) is 22.0 Å². The number of rotatable bonds is 5. The first-order valence-electron chi connectivity index (χ1n) is 7.97. The Hall–Kier alpha value is -1.73. The zero-order chi connectivity index (χ0) is 16.2. The second-order valence-electron chi connectivity index (χ2n) is 6.03. The van der Waals surface area contributed by atoms with Gasteiger partial charge in [-0.15, -0.1) is 11.3 Å². The van der Waals surface area contributed by atoms with E-state index >= 15 is 0 Å². The van der Waals surface area contributed by atoms with Gasteiger partial charge in [-0.05, 0) is 51.2 Å². The predicted molar refractivity (Wildman–Crippen MR) is 88.3 cm³/mol. The van der Waals surface area contributed by atoms with E-state index in [1.165, 1.54) is 4.88 Å². The Morgan fingerprint density at radius 2 is 2.30 bits per heavy atom. The third-order valence-corrected chi connectivity index (χ3v) is 5.25. The van der Waals surface area contributed by atoms with Crippen molar-refractivity contribution < 1.29 is 9.32 Å². The Balaban J connectivity index is 1.44. The van der Waals surface area contributed by atoms with E-state index in [1.807, 2.05) is 31.4 Å². The summed E-state index contributed by atoms with van der Waals surface area (Å²) in [6.45, 7) is 6.07. The van der Waals surface area contributed by atoms with E-state index in [1.54, 1.807) is 11.3 Å². The number of nitrogens with one attached hydrogen (secondary N) is 1. The van der Waals surface area contributed by atoms with Crippen molar-refractivity contribution in [3.8, 4) is 0 Å². The SMILES string of the molecule is Cc1noc(C2CCN(CC(=O)NC(C)c3cccs3)CC2)n1. The molecule has 0 radical (unpaired) electrons. The normalized spacial score (nSPS) is 18.0. The Bertz CT molecular complexity index is 632. The van der Waals surface area contributed by atoms with Crippen LogP contribution < -0.4 is 5.32 Å². The highest BCUT2D eigenvalue weighted by Crippen LogP contribution is 2.26. The van der Waals surface area contributed by atoms with Crippen LogP contribution in [-0.4, -0.2) is 40.6 Å². The number of thiophene rings is 1. The number of likely N-dealkylation sites (tertiary alicyclic amines) is 1. The molecule has 2 aromatic rings. The molecule has 1 aliphatic heterocycles. The summed E-state index contributed by atoms with van der Waals surface area (Å²) in [7, 11) is 0. The van der Waals surface area contributed by atoms with Gasteiger partial charge in [0.2, 0.25) is 11.8 Å². The fourth-order valence-electron chi connectivity index (χ4n) is 2.92. The lowest BCUT2D eigenvalue weighted by Crippen LogP contribution is -2.41. The summed E-state index contributed by atoms with van der Waals surface area (Å²) in [5.74, 6) is 1.82. The molecule has 1 atom stereocenters. The fourth-order valence-corrected chi connectivity index (χ4v) is 3.65. The van der Waals surface area contributed by atoms with E-state index in [0.29, 0.717) is 18.3 Å². The van der Waals surface area contributed by atoms with Crippen LogP contribution in [-0.2, 0) is 4.79 Å². The molecule has 1 aliphatic rings. The first-order chi connectivity index (χ1) is 11.1. The van der Waals surface area contributed by atoms with Gasteiger partial charge in [-0.3, -0.25) is 9.69 Å². The van der Waals surface area contributed by atoms with Crippen molar-refractivity contribution in [1.29, 1.82) is 0 Å². The van der Waals surface area contributed by atoms with Crippen LogP contribution in [0.5, 0.6) is 0 Å². The number of hydrogen-bond acceptors (Lipinski definition) is 6. The topological polar surface area (TPSA) is 71.3 Å². The minimum absolute atomic E-state index is 0.0707. The third-order valence-electron chi connectivity index (χ3n) is 4.19. The summed E-state index contributed by atoms with van der Waals surface area (Å²) >= 11 is 1.67. The highest BCUT2D eigenvalue weighted by Gasteiger charge is 2.26. The molecule has 3 rings (SSSR count). The number of hydrogen-bond donors (Lipinski definition) is 1. The molecule has 0 spiro atoms. The van der Waals surface area contributed by atoms with Gasteiger partial charge in [0.05, 0.1) is 12.6 Å². The number of nitrogens with zero attached hydrogens (tertiary/aromatic N) is 3. The average Bonchev–Trinajstić information content (AvgIpc) is 3.19. The molecular formula is C16H22N4O2S. The maximum Gasteiger partial charge on any atom is 0.234 e. The van der Waals surface area contributed by atoms with Gasteiger partial charge in [0, 0.05) is 10.8 Å². The quantitative estimate of drug-likeness (QED) is 0.909. The summed E-state index contributed by atoms with van der Waals surface area (Å²) in [5.41, 5.74) is 0. The lowest BCUT2D eigenvalue weighted by molar-refractivity contribution is -0.123. The molecule has 3 heterocycles. The van der Waals surface area contributed by atoms with Crippen LogP contribution in [0.2, 0.25) is 0 Å². The first kappa shape index (κ1) is 16.1. The molecule has 1 N–H and O–H groups in total. The van der Waals surface area contributed by atoms with E-state index < -0.39 is 0 Å². The second kappa shape index (κ2) is 7.23. The van der Waals surface area contributed by atoms with Crippen LogP contribution >= 0.6 is 11.3 Å². The van der Waals surface area contributed by atoms with Gasteiger partial charge < -0.3 is 9.84 Å². The van der Waals surface area contributed by atoms with Crippen molar-refractivity contribution >= 4 is 17.2 Å². The summed E-state index contributed by atoms with van der Waals surface area (Å²) < 4.78 is 5.26. The Kier molecular flexibility index (Phi) is 5.07. The zero-order valence-corrected chi connectivity index (χ0v) is 14.3. The number of amides is 1. The van der Waals surface area contributed by atoms with E-state index in [9.17, 15) is 4.79 Å². The molecule has 0 aromatic carbocycles. The standard InChI is InChI=1S/C16H22N4O2S/c1-11(14-4-3-9-23-14)17-15(21)10-20-7-5-13(6-8-20)16-18-12(2)19-22-16/h3-4,9,11,13H,5-8,10H2,1-2H3,(H,17,21). The molecule has 7 heteroatoms. The van der Waals surface area contributed by atoms with Crippen molar-refractivity contribution in [3.05, 3.63) is 34.1 Å². The maximum atomic E-state index is 12.2. The summed E-state index contributed by atoms with van der Waals surface area (Å²) in [6, 6.07) is 4.13. The van der Waals surface area contributed by atoms with Gasteiger partial charge in [0.15, 0.2) is 5.82 Å². The molecule has 0 bridgehead atoms. The van der Waals surface area contributed by atoms with Gasteiger partial charge in [0.1, 0.15) is 0 Å². The smallest absolute Gasteiger partial charge is 0.234 e. The van der Waals surface area contributed by atoms with Crippen LogP contribution in [0.3, 0.4) is 0 Å². The molecular weight excluding hydrogens is 312 g/mol. The molecule has 1 saturated heterocycles. The molecule has 1 unspecified atom stereocenters. The van der Waals surface area contributed by atoms with Crippen molar-refractivity contribution in [2.45, 2.75) is 38.6 Å². The summed E-state index contributed by atoms with van der Waals surface area (Å²) in [6.07, 6.45) is 1.91. The summed E-state index contributed by atoms with van der Waals surface area (Å²) in [5, 5.41) is 8.95. The minimum atomic E-state index is 0.0707. The molecule has 1 amide bonds. The van der Waals surface area contributed by atoms with Crippen LogP contribution in [0.25, 0.3) is 0 Å². The fraction of sp³-hybridized carbons (Fsp3) is 0.562. The van der Waals surface area contributed by atoms with Crippen molar-refractivity contribution in [3.63, 3.8) is 0 Å².